The standard InChI is InChI=1S/C18H21BrN4O2/c19-14-3-1-2-13(10-14)17-21-16(25-22-17)11-23-8-6-12(7-9-23)18(24)20-15-4-5-15/h1-3,10,12,15H,4-9,11H2,(H,20,24). The summed E-state index contributed by atoms with van der Waals surface area (Å²) in [5.74, 6) is 1.61. The molecule has 25 heavy (non-hydrogen) atoms. The summed E-state index contributed by atoms with van der Waals surface area (Å²) < 4.78 is 6.39. The first-order valence-electron chi connectivity index (χ1n) is 8.78. The van der Waals surface area contributed by atoms with Crippen LogP contribution < -0.4 is 5.32 Å². The maximum absolute atomic E-state index is 12.1. The van der Waals surface area contributed by atoms with E-state index in [0.29, 0.717) is 24.3 Å². The minimum atomic E-state index is 0.150. The van der Waals surface area contributed by atoms with Crippen LogP contribution in [-0.4, -0.2) is 40.1 Å². The molecule has 2 fully saturated rings. The number of likely N-dealkylation sites (tertiary alicyclic amines) is 1. The minimum absolute atomic E-state index is 0.150. The highest BCUT2D eigenvalue weighted by atomic mass is 79.9. The third-order valence-corrected chi connectivity index (χ3v) is 5.29. The summed E-state index contributed by atoms with van der Waals surface area (Å²) in [7, 11) is 0. The van der Waals surface area contributed by atoms with Crippen molar-refractivity contribution < 1.29 is 9.32 Å². The lowest BCUT2D eigenvalue weighted by molar-refractivity contribution is -0.126. The van der Waals surface area contributed by atoms with Gasteiger partial charge in [-0.1, -0.05) is 33.2 Å². The zero-order valence-corrected chi connectivity index (χ0v) is 15.5. The fourth-order valence-corrected chi connectivity index (χ4v) is 3.55. The zero-order chi connectivity index (χ0) is 17.2. The van der Waals surface area contributed by atoms with Gasteiger partial charge >= 0.3 is 0 Å². The third kappa shape index (κ3) is 4.27. The normalized spacial score (nSPS) is 19.1. The van der Waals surface area contributed by atoms with Gasteiger partial charge in [-0.2, -0.15) is 4.98 Å². The number of rotatable bonds is 5. The average molecular weight is 405 g/mol. The summed E-state index contributed by atoms with van der Waals surface area (Å²) in [6.45, 7) is 2.41. The first kappa shape index (κ1) is 16.7. The van der Waals surface area contributed by atoms with Crippen LogP contribution in [-0.2, 0) is 11.3 Å². The van der Waals surface area contributed by atoms with Crippen molar-refractivity contribution in [1.82, 2.24) is 20.4 Å². The van der Waals surface area contributed by atoms with Crippen molar-refractivity contribution in [2.45, 2.75) is 38.3 Å². The monoisotopic (exact) mass is 404 g/mol. The Balaban J connectivity index is 1.31. The Bertz CT molecular complexity index is 751. The van der Waals surface area contributed by atoms with E-state index in [4.69, 9.17) is 4.52 Å². The van der Waals surface area contributed by atoms with Crippen molar-refractivity contribution >= 4 is 21.8 Å². The molecule has 7 heteroatoms. The second-order valence-electron chi connectivity index (χ2n) is 6.86. The van der Waals surface area contributed by atoms with Crippen LogP contribution in [0.1, 0.15) is 31.6 Å². The van der Waals surface area contributed by atoms with E-state index in [1.165, 1.54) is 0 Å². The molecular weight excluding hydrogens is 384 g/mol. The summed E-state index contributed by atoms with van der Waals surface area (Å²) >= 11 is 3.45. The van der Waals surface area contributed by atoms with Crippen LogP contribution in [0, 0.1) is 5.92 Å². The second kappa shape index (κ2) is 7.25. The van der Waals surface area contributed by atoms with Crippen molar-refractivity contribution in [3.8, 4) is 11.4 Å². The van der Waals surface area contributed by atoms with Gasteiger partial charge in [0.2, 0.25) is 17.6 Å². The number of amides is 1. The van der Waals surface area contributed by atoms with Gasteiger partial charge in [0, 0.05) is 22.0 Å². The van der Waals surface area contributed by atoms with Crippen LogP contribution in [0.25, 0.3) is 11.4 Å². The predicted octanol–water partition coefficient (Wildman–Crippen LogP) is 2.99. The molecule has 1 saturated carbocycles. The number of hydrogen-bond donors (Lipinski definition) is 1. The van der Waals surface area contributed by atoms with Crippen LogP contribution in [0.4, 0.5) is 0 Å². The minimum Gasteiger partial charge on any atom is -0.353 e. The Hall–Kier alpha value is -1.73. The molecule has 0 bridgehead atoms. The molecule has 1 aromatic heterocycles. The highest BCUT2D eigenvalue weighted by Gasteiger charge is 2.30. The van der Waals surface area contributed by atoms with Crippen LogP contribution >= 0.6 is 15.9 Å². The van der Waals surface area contributed by atoms with Gasteiger partial charge in [0.25, 0.3) is 0 Å². The number of aromatic nitrogens is 2. The van der Waals surface area contributed by atoms with E-state index < -0.39 is 0 Å². The Morgan fingerprint density at radius 2 is 2.08 bits per heavy atom. The number of carbonyl (C=O) groups excluding carboxylic acids is 1. The number of carbonyl (C=O) groups is 1. The van der Waals surface area contributed by atoms with Crippen molar-refractivity contribution in [3.05, 3.63) is 34.6 Å². The van der Waals surface area contributed by atoms with Crippen LogP contribution in [0.5, 0.6) is 0 Å². The van der Waals surface area contributed by atoms with Crippen molar-refractivity contribution in [2.24, 2.45) is 5.92 Å². The third-order valence-electron chi connectivity index (χ3n) is 4.79. The summed E-state index contributed by atoms with van der Waals surface area (Å²) in [6.07, 6.45) is 4.07. The Kier molecular flexibility index (Phi) is 4.85. The van der Waals surface area contributed by atoms with E-state index in [9.17, 15) is 4.79 Å². The molecular formula is C18H21BrN4O2. The molecule has 1 N–H and O–H groups in total. The van der Waals surface area contributed by atoms with Crippen molar-refractivity contribution in [3.63, 3.8) is 0 Å². The molecule has 0 radical (unpaired) electrons. The van der Waals surface area contributed by atoms with Crippen LogP contribution in [0.15, 0.2) is 33.3 Å². The van der Waals surface area contributed by atoms with E-state index in [-0.39, 0.29) is 11.8 Å². The highest BCUT2D eigenvalue weighted by Crippen LogP contribution is 2.24. The number of benzene rings is 1. The van der Waals surface area contributed by atoms with Crippen molar-refractivity contribution in [2.75, 3.05) is 13.1 Å². The van der Waals surface area contributed by atoms with E-state index >= 15 is 0 Å². The molecule has 1 aromatic carbocycles. The molecule has 1 amide bonds. The van der Waals surface area contributed by atoms with E-state index in [1.54, 1.807) is 0 Å². The summed E-state index contributed by atoms with van der Waals surface area (Å²) in [6, 6.07) is 8.29. The van der Waals surface area contributed by atoms with E-state index in [1.807, 2.05) is 24.3 Å². The van der Waals surface area contributed by atoms with Gasteiger partial charge in [-0.05, 0) is 50.9 Å². The van der Waals surface area contributed by atoms with Crippen molar-refractivity contribution in [1.29, 1.82) is 0 Å². The number of hydrogen-bond acceptors (Lipinski definition) is 5. The molecule has 1 aliphatic carbocycles. The van der Waals surface area contributed by atoms with Gasteiger partial charge in [0.15, 0.2) is 0 Å². The van der Waals surface area contributed by atoms with Gasteiger partial charge in [0.05, 0.1) is 6.54 Å². The van der Waals surface area contributed by atoms with Crippen LogP contribution in [0.2, 0.25) is 0 Å². The average Bonchev–Trinajstić information content (AvgIpc) is 3.30. The van der Waals surface area contributed by atoms with E-state index in [0.717, 1.165) is 48.8 Å². The van der Waals surface area contributed by atoms with Crippen LogP contribution in [0.3, 0.4) is 0 Å². The molecule has 0 spiro atoms. The Morgan fingerprint density at radius 1 is 1.28 bits per heavy atom. The number of nitrogens with one attached hydrogen (secondary N) is 1. The molecule has 6 nitrogen and oxygen atoms in total. The lowest BCUT2D eigenvalue weighted by Gasteiger charge is -2.30. The molecule has 0 unspecified atom stereocenters. The van der Waals surface area contributed by atoms with Gasteiger partial charge in [-0.25, -0.2) is 0 Å². The first-order chi connectivity index (χ1) is 12.2. The Morgan fingerprint density at radius 3 is 2.80 bits per heavy atom. The molecule has 0 atom stereocenters. The number of piperidine rings is 1. The summed E-state index contributed by atoms with van der Waals surface area (Å²) in [5, 5.41) is 7.19. The molecule has 1 saturated heterocycles. The maximum Gasteiger partial charge on any atom is 0.241 e. The molecule has 2 aliphatic rings. The highest BCUT2D eigenvalue weighted by molar-refractivity contribution is 9.10. The molecule has 2 aromatic rings. The fraction of sp³-hybridized carbons (Fsp3) is 0.500. The van der Waals surface area contributed by atoms with Gasteiger partial charge < -0.3 is 9.84 Å². The second-order valence-corrected chi connectivity index (χ2v) is 7.77. The lowest BCUT2D eigenvalue weighted by Crippen LogP contribution is -2.40. The maximum atomic E-state index is 12.1. The summed E-state index contributed by atoms with van der Waals surface area (Å²) in [5.41, 5.74) is 0.930. The fourth-order valence-electron chi connectivity index (χ4n) is 3.16. The zero-order valence-electron chi connectivity index (χ0n) is 13.9. The smallest absolute Gasteiger partial charge is 0.241 e. The first-order valence-corrected chi connectivity index (χ1v) is 9.58. The van der Waals surface area contributed by atoms with Gasteiger partial charge in [-0.15, -0.1) is 0 Å². The Labute approximate surface area is 155 Å². The predicted molar refractivity (Wildman–Crippen MR) is 96.6 cm³/mol. The topological polar surface area (TPSA) is 71.3 Å². The molecule has 4 rings (SSSR count). The quantitative estimate of drug-likeness (QED) is 0.828. The molecule has 1 aliphatic heterocycles. The summed E-state index contributed by atoms with van der Waals surface area (Å²) in [4.78, 5) is 18.9. The van der Waals surface area contributed by atoms with Gasteiger partial charge in [0.1, 0.15) is 0 Å². The van der Waals surface area contributed by atoms with E-state index in [2.05, 4.69) is 36.3 Å². The number of nitrogens with zero attached hydrogens (tertiary/aromatic N) is 3. The van der Waals surface area contributed by atoms with Gasteiger partial charge in [-0.3, -0.25) is 9.69 Å². The molecule has 132 valence electrons. The largest absolute Gasteiger partial charge is 0.353 e. The lowest BCUT2D eigenvalue weighted by atomic mass is 9.96. The SMILES string of the molecule is O=C(NC1CC1)C1CCN(Cc2nc(-c3cccc(Br)c3)no2)CC1. The number of halogens is 1. The molecule has 2 heterocycles.